The van der Waals surface area contributed by atoms with Crippen LogP contribution in [0.5, 0.6) is 0 Å². The smallest absolute Gasteiger partial charge is 0.306 e. The number of carbonyl (C=O) groups is 1. The van der Waals surface area contributed by atoms with Crippen molar-refractivity contribution in [2.24, 2.45) is 5.92 Å². The van der Waals surface area contributed by atoms with Gasteiger partial charge in [-0.05, 0) is 36.8 Å². The number of hydrogen-bond acceptors (Lipinski definition) is 2. The topological polar surface area (TPSA) is 49.3 Å². The highest BCUT2D eigenvalue weighted by Gasteiger charge is 2.27. The van der Waals surface area contributed by atoms with E-state index in [4.69, 9.17) is 5.11 Å². The zero-order chi connectivity index (χ0) is 16.1. The minimum absolute atomic E-state index is 0.156. The third-order valence-corrected chi connectivity index (χ3v) is 4.74. The molecule has 3 nitrogen and oxygen atoms in total. The number of hydrogen-bond donors (Lipinski definition) is 2. The summed E-state index contributed by atoms with van der Waals surface area (Å²) in [6.45, 7) is 0. The molecule has 3 heteroatoms. The van der Waals surface area contributed by atoms with Crippen LogP contribution >= 0.6 is 0 Å². The van der Waals surface area contributed by atoms with Gasteiger partial charge in [0.1, 0.15) is 0 Å². The molecule has 0 radical (unpaired) electrons. The van der Waals surface area contributed by atoms with Gasteiger partial charge in [-0.1, -0.05) is 60.7 Å². The first-order valence-electron chi connectivity index (χ1n) is 8.33. The van der Waals surface area contributed by atoms with Crippen molar-refractivity contribution < 1.29 is 9.90 Å². The van der Waals surface area contributed by atoms with Crippen LogP contribution in [0.1, 0.15) is 42.9 Å². The molecule has 0 amide bonds. The molecule has 0 aromatic heterocycles. The molecule has 2 aromatic carbocycles. The standard InChI is InChI=1S/C20H23NO2/c22-20(23)17-11-13-18(14-12-17)21-19(15-7-3-1-4-8-15)16-9-5-2-6-10-16/h1-10,17-19,21H,11-14H2,(H,22,23). The zero-order valence-electron chi connectivity index (χ0n) is 13.2. The van der Waals surface area contributed by atoms with Crippen LogP contribution in [0.2, 0.25) is 0 Å². The van der Waals surface area contributed by atoms with Crippen molar-refractivity contribution in [3.8, 4) is 0 Å². The predicted molar refractivity (Wildman–Crippen MR) is 91.2 cm³/mol. The normalized spacial score (nSPS) is 21.3. The summed E-state index contributed by atoms with van der Waals surface area (Å²) in [6, 6.07) is 21.4. The van der Waals surface area contributed by atoms with Gasteiger partial charge in [-0.25, -0.2) is 0 Å². The van der Waals surface area contributed by atoms with Gasteiger partial charge in [-0.3, -0.25) is 4.79 Å². The predicted octanol–water partition coefficient (Wildman–Crippen LogP) is 4.01. The summed E-state index contributed by atoms with van der Waals surface area (Å²) in [5.41, 5.74) is 2.50. The van der Waals surface area contributed by atoms with Crippen LogP contribution in [0.15, 0.2) is 60.7 Å². The molecular weight excluding hydrogens is 286 g/mol. The highest BCUT2D eigenvalue weighted by Crippen LogP contribution is 2.29. The largest absolute Gasteiger partial charge is 0.481 e. The number of aliphatic carboxylic acids is 1. The third kappa shape index (κ3) is 3.99. The van der Waals surface area contributed by atoms with Crippen LogP contribution in [0, 0.1) is 5.92 Å². The van der Waals surface area contributed by atoms with E-state index < -0.39 is 5.97 Å². The lowest BCUT2D eigenvalue weighted by atomic mass is 9.85. The molecule has 1 aliphatic rings. The van der Waals surface area contributed by atoms with Crippen molar-refractivity contribution in [3.63, 3.8) is 0 Å². The highest BCUT2D eigenvalue weighted by atomic mass is 16.4. The molecule has 0 atom stereocenters. The summed E-state index contributed by atoms with van der Waals surface area (Å²) in [5.74, 6) is -0.814. The van der Waals surface area contributed by atoms with Crippen LogP contribution in [-0.4, -0.2) is 17.1 Å². The summed E-state index contributed by atoms with van der Waals surface area (Å²) < 4.78 is 0. The molecular formula is C20H23NO2. The fourth-order valence-corrected chi connectivity index (χ4v) is 3.42. The van der Waals surface area contributed by atoms with Crippen molar-refractivity contribution in [1.29, 1.82) is 0 Å². The maximum Gasteiger partial charge on any atom is 0.306 e. The number of carboxylic acid groups (broad SMARTS) is 1. The van der Waals surface area contributed by atoms with Crippen molar-refractivity contribution in [1.82, 2.24) is 5.32 Å². The second kappa shape index (κ2) is 7.42. The summed E-state index contributed by atoms with van der Waals surface area (Å²) >= 11 is 0. The van der Waals surface area contributed by atoms with E-state index in [1.54, 1.807) is 0 Å². The molecule has 0 unspecified atom stereocenters. The Balaban J connectivity index is 1.74. The number of nitrogens with one attached hydrogen (secondary N) is 1. The fourth-order valence-electron chi connectivity index (χ4n) is 3.42. The van der Waals surface area contributed by atoms with Gasteiger partial charge < -0.3 is 10.4 Å². The Hall–Kier alpha value is -2.13. The minimum atomic E-state index is -0.647. The van der Waals surface area contributed by atoms with Crippen molar-refractivity contribution >= 4 is 5.97 Å². The highest BCUT2D eigenvalue weighted by molar-refractivity contribution is 5.70. The first-order chi connectivity index (χ1) is 11.2. The van der Waals surface area contributed by atoms with Gasteiger partial charge in [-0.2, -0.15) is 0 Å². The maximum atomic E-state index is 11.1. The molecule has 0 aliphatic heterocycles. The lowest BCUT2D eigenvalue weighted by molar-refractivity contribution is -0.142. The Bertz CT molecular complexity index is 579. The molecule has 0 bridgehead atoms. The summed E-state index contributed by atoms with van der Waals surface area (Å²) in [5, 5.41) is 12.9. The molecule has 1 fully saturated rings. The van der Waals surface area contributed by atoms with E-state index in [9.17, 15) is 4.79 Å². The second-order valence-corrected chi connectivity index (χ2v) is 6.31. The van der Waals surface area contributed by atoms with Crippen LogP contribution < -0.4 is 5.32 Å². The van der Waals surface area contributed by atoms with E-state index >= 15 is 0 Å². The number of benzene rings is 2. The Morgan fingerprint density at radius 2 is 1.35 bits per heavy atom. The fraction of sp³-hybridized carbons (Fsp3) is 0.350. The van der Waals surface area contributed by atoms with Crippen molar-refractivity contribution in [2.75, 3.05) is 0 Å². The van der Waals surface area contributed by atoms with E-state index in [0.717, 1.165) is 25.7 Å². The Labute approximate surface area is 137 Å². The van der Waals surface area contributed by atoms with E-state index in [1.165, 1.54) is 11.1 Å². The lowest BCUT2D eigenvalue weighted by Crippen LogP contribution is -2.37. The first kappa shape index (κ1) is 15.8. The van der Waals surface area contributed by atoms with E-state index in [1.807, 2.05) is 12.1 Å². The summed E-state index contributed by atoms with van der Waals surface area (Å²) in [7, 11) is 0. The average molecular weight is 309 g/mol. The maximum absolute atomic E-state index is 11.1. The molecule has 1 aliphatic carbocycles. The summed E-state index contributed by atoms with van der Waals surface area (Å²) in [4.78, 5) is 11.1. The van der Waals surface area contributed by atoms with Crippen molar-refractivity contribution in [3.05, 3.63) is 71.8 Å². The van der Waals surface area contributed by atoms with E-state index in [-0.39, 0.29) is 12.0 Å². The summed E-state index contributed by atoms with van der Waals surface area (Å²) in [6.07, 6.45) is 3.38. The molecule has 2 aromatic rings. The van der Waals surface area contributed by atoms with Gasteiger partial charge in [0, 0.05) is 6.04 Å². The van der Waals surface area contributed by atoms with Crippen LogP contribution in [0.25, 0.3) is 0 Å². The molecule has 1 saturated carbocycles. The minimum Gasteiger partial charge on any atom is -0.481 e. The average Bonchev–Trinajstić information content (AvgIpc) is 2.61. The van der Waals surface area contributed by atoms with Gasteiger partial charge >= 0.3 is 5.97 Å². The van der Waals surface area contributed by atoms with Gasteiger partial charge in [0.15, 0.2) is 0 Å². The van der Waals surface area contributed by atoms with Crippen LogP contribution in [-0.2, 0) is 4.79 Å². The van der Waals surface area contributed by atoms with Crippen molar-refractivity contribution in [2.45, 2.75) is 37.8 Å². The van der Waals surface area contributed by atoms with Crippen LogP contribution in [0.3, 0.4) is 0 Å². The lowest BCUT2D eigenvalue weighted by Gasteiger charge is -2.31. The SMILES string of the molecule is O=C(O)C1CCC(NC(c2ccccc2)c2ccccc2)CC1. The molecule has 23 heavy (non-hydrogen) atoms. The Morgan fingerprint density at radius 1 is 0.870 bits per heavy atom. The van der Waals surface area contributed by atoms with E-state index in [0.29, 0.717) is 6.04 Å². The number of rotatable bonds is 5. The quantitative estimate of drug-likeness (QED) is 0.877. The molecule has 0 heterocycles. The van der Waals surface area contributed by atoms with Gasteiger partial charge in [0.2, 0.25) is 0 Å². The van der Waals surface area contributed by atoms with Gasteiger partial charge in [0.25, 0.3) is 0 Å². The number of carboxylic acids is 1. The Morgan fingerprint density at radius 3 is 1.78 bits per heavy atom. The second-order valence-electron chi connectivity index (χ2n) is 6.31. The van der Waals surface area contributed by atoms with Gasteiger partial charge in [0.05, 0.1) is 12.0 Å². The third-order valence-electron chi connectivity index (χ3n) is 4.74. The Kier molecular flexibility index (Phi) is 5.09. The monoisotopic (exact) mass is 309 g/mol. The molecule has 2 N–H and O–H groups in total. The molecule has 3 rings (SSSR count). The van der Waals surface area contributed by atoms with Gasteiger partial charge in [-0.15, -0.1) is 0 Å². The zero-order valence-corrected chi connectivity index (χ0v) is 13.2. The van der Waals surface area contributed by atoms with E-state index in [2.05, 4.69) is 53.8 Å². The van der Waals surface area contributed by atoms with Crippen LogP contribution in [0.4, 0.5) is 0 Å². The molecule has 0 spiro atoms. The first-order valence-corrected chi connectivity index (χ1v) is 8.33. The molecule has 0 saturated heterocycles. The molecule has 120 valence electrons.